The number of aliphatic hydroxyl groups is 2. The Balaban J connectivity index is 1.75. The summed E-state index contributed by atoms with van der Waals surface area (Å²) in [4.78, 5) is 46.7. The number of aromatic nitrogens is 2. The highest BCUT2D eigenvalue weighted by Gasteiger charge is 2.34. The van der Waals surface area contributed by atoms with Crippen molar-refractivity contribution in [3.8, 4) is 12.3 Å². The first-order valence-electron chi connectivity index (χ1n) is 17.2. The number of hydrogen-bond donors (Lipinski definition) is 4. The molecule has 0 aliphatic heterocycles. The monoisotopic (exact) mass is 649 g/mol. The standard InChI is InChI=1S/C37H55N5O5/c1-5-6-17-31(37(47)40-32(24-29-15-11-8-12-16-29)35(45)33(43)22-27(2)3)39-36(46)30(23-28-13-9-7-10-14-28)25-34(44)41(4)20-21-42-19-18-38-26-42/h1,7,9-10,13-14,18-19,26-27,29-33,35,43,45H,6,8,11-12,15-17,20-25H2,2-4H3,(H,39,46)(H,40,47)/t30-,31+,32+,33+,35?/m1/s1. The lowest BCUT2D eigenvalue weighted by molar-refractivity contribution is -0.137. The zero-order valence-electron chi connectivity index (χ0n) is 28.4. The van der Waals surface area contributed by atoms with Gasteiger partial charge in [-0.05, 0) is 43.1 Å². The Bertz CT molecular complexity index is 1260. The summed E-state index contributed by atoms with van der Waals surface area (Å²) >= 11 is 0. The second-order valence-electron chi connectivity index (χ2n) is 13.6. The highest BCUT2D eigenvalue weighted by Crippen LogP contribution is 2.29. The minimum absolute atomic E-state index is 0.0327. The number of aliphatic hydroxyl groups excluding tert-OH is 2. The smallest absolute Gasteiger partial charge is 0.242 e. The van der Waals surface area contributed by atoms with E-state index >= 15 is 0 Å². The van der Waals surface area contributed by atoms with Crippen LogP contribution in [0.5, 0.6) is 0 Å². The van der Waals surface area contributed by atoms with E-state index in [0.717, 1.165) is 31.2 Å². The molecular formula is C37H55N5O5. The number of hydrogen-bond acceptors (Lipinski definition) is 6. The third-order valence-electron chi connectivity index (χ3n) is 9.16. The van der Waals surface area contributed by atoms with Crippen LogP contribution in [0.25, 0.3) is 0 Å². The number of nitrogens with one attached hydrogen (secondary N) is 2. The van der Waals surface area contributed by atoms with Gasteiger partial charge >= 0.3 is 0 Å². The van der Waals surface area contributed by atoms with Crippen LogP contribution in [0.15, 0.2) is 49.1 Å². The van der Waals surface area contributed by atoms with E-state index in [9.17, 15) is 24.6 Å². The predicted octanol–water partition coefficient (Wildman–Crippen LogP) is 3.71. The second-order valence-corrected chi connectivity index (χ2v) is 13.6. The molecule has 3 amide bonds. The van der Waals surface area contributed by atoms with Crippen molar-refractivity contribution in [2.24, 2.45) is 17.8 Å². The normalized spacial score (nSPS) is 16.8. The Labute approximate surface area is 280 Å². The maximum absolute atomic E-state index is 13.9. The number of imidazole rings is 1. The van der Waals surface area contributed by atoms with E-state index < -0.39 is 42.0 Å². The molecule has 1 unspecified atom stereocenters. The van der Waals surface area contributed by atoms with Gasteiger partial charge in [0, 0.05) is 45.4 Å². The van der Waals surface area contributed by atoms with Crippen molar-refractivity contribution in [3.05, 3.63) is 54.6 Å². The summed E-state index contributed by atoms with van der Waals surface area (Å²) < 4.78 is 1.88. The fourth-order valence-electron chi connectivity index (χ4n) is 6.36. The molecule has 10 nitrogen and oxygen atoms in total. The van der Waals surface area contributed by atoms with Gasteiger partial charge in [-0.2, -0.15) is 0 Å². The predicted molar refractivity (Wildman–Crippen MR) is 183 cm³/mol. The third-order valence-corrected chi connectivity index (χ3v) is 9.16. The molecule has 4 N–H and O–H groups in total. The quantitative estimate of drug-likeness (QED) is 0.171. The third kappa shape index (κ3) is 13.2. The van der Waals surface area contributed by atoms with Gasteiger partial charge in [0.15, 0.2) is 0 Å². The highest BCUT2D eigenvalue weighted by molar-refractivity contribution is 5.91. The number of nitrogens with zero attached hydrogens (tertiary/aromatic N) is 3. The van der Waals surface area contributed by atoms with Crippen molar-refractivity contribution < 1.29 is 24.6 Å². The van der Waals surface area contributed by atoms with E-state index in [2.05, 4.69) is 21.5 Å². The van der Waals surface area contributed by atoms with Crippen LogP contribution < -0.4 is 10.6 Å². The molecule has 0 spiro atoms. The minimum atomic E-state index is -1.14. The van der Waals surface area contributed by atoms with Crippen molar-refractivity contribution in [2.75, 3.05) is 13.6 Å². The van der Waals surface area contributed by atoms with Crippen LogP contribution in [0.3, 0.4) is 0 Å². The molecule has 0 radical (unpaired) electrons. The number of carbonyl (C=O) groups is 3. The number of rotatable bonds is 19. The largest absolute Gasteiger partial charge is 0.390 e. The van der Waals surface area contributed by atoms with Gasteiger partial charge in [0.2, 0.25) is 17.7 Å². The molecule has 258 valence electrons. The van der Waals surface area contributed by atoms with Gasteiger partial charge in [0.1, 0.15) is 12.1 Å². The molecule has 1 heterocycles. The summed E-state index contributed by atoms with van der Waals surface area (Å²) in [6.07, 6.45) is 15.8. The molecule has 1 aromatic carbocycles. The summed E-state index contributed by atoms with van der Waals surface area (Å²) in [5.41, 5.74) is 0.904. The molecule has 5 atom stereocenters. The molecule has 1 aliphatic rings. The first kappa shape index (κ1) is 37.8. The molecule has 2 aromatic rings. The van der Waals surface area contributed by atoms with Crippen LogP contribution in [0.2, 0.25) is 0 Å². The molecule has 3 rings (SSSR count). The summed E-state index contributed by atoms with van der Waals surface area (Å²) in [6.45, 7) is 4.98. The zero-order valence-corrected chi connectivity index (χ0v) is 28.4. The highest BCUT2D eigenvalue weighted by atomic mass is 16.3. The number of amides is 3. The van der Waals surface area contributed by atoms with E-state index in [1.807, 2.05) is 54.9 Å². The maximum Gasteiger partial charge on any atom is 0.242 e. The summed E-state index contributed by atoms with van der Waals surface area (Å²) in [6, 6.07) is 7.86. The molecule has 1 aliphatic carbocycles. The Morgan fingerprint density at radius 1 is 1.09 bits per heavy atom. The first-order chi connectivity index (χ1) is 22.6. The van der Waals surface area contributed by atoms with Gasteiger partial charge in [-0.1, -0.05) is 76.3 Å². The fraction of sp³-hybridized carbons (Fsp3) is 0.622. The fourth-order valence-corrected chi connectivity index (χ4v) is 6.36. The van der Waals surface area contributed by atoms with Crippen molar-refractivity contribution >= 4 is 17.7 Å². The van der Waals surface area contributed by atoms with Crippen molar-refractivity contribution in [3.63, 3.8) is 0 Å². The van der Waals surface area contributed by atoms with Crippen molar-refractivity contribution in [2.45, 2.75) is 115 Å². The summed E-state index contributed by atoms with van der Waals surface area (Å²) in [5, 5.41) is 27.9. The van der Waals surface area contributed by atoms with E-state index in [-0.39, 0.29) is 31.1 Å². The van der Waals surface area contributed by atoms with E-state index in [4.69, 9.17) is 6.42 Å². The SMILES string of the molecule is C#CCC[C@H](NC(=O)[C@@H](CC(=O)N(C)CCn1ccnc1)Cc1ccccc1)C(=O)N[C@@H](CC1CCCCC1)C(O)[C@@H](O)CC(C)C. The Hall–Kier alpha value is -3.68. The topological polar surface area (TPSA) is 137 Å². The lowest BCUT2D eigenvalue weighted by Gasteiger charge is -2.34. The van der Waals surface area contributed by atoms with Gasteiger partial charge in [-0.25, -0.2) is 4.98 Å². The summed E-state index contributed by atoms with van der Waals surface area (Å²) in [5.74, 6) is 1.30. The van der Waals surface area contributed by atoms with Gasteiger partial charge in [-0.15, -0.1) is 12.3 Å². The summed E-state index contributed by atoms with van der Waals surface area (Å²) in [7, 11) is 1.71. The van der Waals surface area contributed by atoms with Crippen molar-refractivity contribution in [1.82, 2.24) is 25.1 Å². The van der Waals surface area contributed by atoms with Gasteiger partial charge in [-0.3, -0.25) is 14.4 Å². The molecule has 47 heavy (non-hydrogen) atoms. The molecule has 1 aromatic heterocycles. The van der Waals surface area contributed by atoms with E-state index in [0.29, 0.717) is 38.3 Å². The Kier molecular flexibility index (Phi) is 16.0. The molecule has 0 saturated heterocycles. The van der Waals surface area contributed by atoms with Gasteiger partial charge in [0.25, 0.3) is 0 Å². The first-order valence-corrected chi connectivity index (χ1v) is 17.2. The second kappa shape index (κ2) is 19.9. The van der Waals surface area contributed by atoms with Crippen LogP contribution in [-0.4, -0.2) is 80.3 Å². The average molecular weight is 650 g/mol. The number of likely N-dealkylation sites (N-methyl/N-ethyl adjacent to an activating group) is 1. The number of terminal acetylenes is 1. The molecule has 0 bridgehead atoms. The van der Waals surface area contributed by atoms with Crippen LogP contribution >= 0.6 is 0 Å². The van der Waals surface area contributed by atoms with E-state index in [1.54, 1.807) is 24.5 Å². The number of carbonyl (C=O) groups excluding carboxylic acids is 3. The van der Waals surface area contributed by atoms with Crippen LogP contribution in [0, 0.1) is 30.1 Å². The molecule has 10 heteroatoms. The average Bonchev–Trinajstić information content (AvgIpc) is 3.59. The minimum Gasteiger partial charge on any atom is -0.390 e. The van der Waals surface area contributed by atoms with Gasteiger partial charge < -0.3 is 30.3 Å². The van der Waals surface area contributed by atoms with Crippen LogP contribution in [-0.2, 0) is 27.3 Å². The maximum atomic E-state index is 13.9. The van der Waals surface area contributed by atoms with E-state index in [1.165, 1.54) is 6.42 Å². The number of benzene rings is 1. The molecule has 1 saturated carbocycles. The van der Waals surface area contributed by atoms with Crippen LogP contribution in [0.1, 0.15) is 83.6 Å². The molecule has 1 fully saturated rings. The lowest BCUT2D eigenvalue weighted by Crippen LogP contribution is -2.56. The Morgan fingerprint density at radius 2 is 1.81 bits per heavy atom. The lowest BCUT2D eigenvalue weighted by atomic mass is 9.82. The van der Waals surface area contributed by atoms with Crippen LogP contribution in [0.4, 0.5) is 0 Å². The molecular weight excluding hydrogens is 594 g/mol. The Morgan fingerprint density at radius 3 is 2.45 bits per heavy atom. The van der Waals surface area contributed by atoms with Crippen molar-refractivity contribution in [1.29, 1.82) is 0 Å². The zero-order chi connectivity index (χ0) is 34.2. The van der Waals surface area contributed by atoms with Gasteiger partial charge in [0.05, 0.1) is 24.4 Å².